The van der Waals surface area contributed by atoms with E-state index in [0.29, 0.717) is 17.9 Å². The summed E-state index contributed by atoms with van der Waals surface area (Å²) in [6.45, 7) is -0.0335. The second-order valence-corrected chi connectivity index (χ2v) is 5.65. The van der Waals surface area contributed by atoms with Gasteiger partial charge in [-0.25, -0.2) is 4.39 Å². The summed E-state index contributed by atoms with van der Waals surface area (Å²) in [7, 11) is 3.15. The SMILES string of the molecule is COc1ccc(NC(=O)CN(C)C(=O)CCc2ccc(F)cc2)cc1. The summed E-state index contributed by atoms with van der Waals surface area (Å²) in [5, 5.41) is 2.73. The number of benzene rings is 2. The lowest BCUT2D eigenvalue weighted by Crippen LogP contribution is -2.35. The second kappa shape index (κ2) is 8.82. The maximum atomic E-state index is 12.9. The number of carbonyl (C=O) groups excluding carboxylic acids is 2. The number of methoxy groups -OCH3 is 1. The molecule has 0 radical (unpaired) electrons. The van der Waals surface area contributed by atoms with E-state index in [9.17, 15) is 14.0 Å². The van der Waals surface area contributed by atoms with Crippen molar-refractivity contribution in [3.8, 4) is 5.75 Å². The first kappa shape index (κ1) is 18.4. The van der Waals surface area contributed by atoms with Gasteiger partial charge in [0.2, 0.25) is 11.8 Å². The van der Waals surface area contributed by atoms with Gasteiger partial charge in [-0.3, -0.25) is 9.59 Å². The summed E-state index contributed by atoms with van der Waals surface area (Å²) < 4.78 is 17.9. The van der Waals surface area contributed by atoms with E-state index < -0.39 is 0 Å². The molecule has 2 aromatic rings. The molecule has 0 atom stereocenters. The number of ether oxygens (including phenoxy) is 1. The molecule has 0 aliphatic rings. The molecule has 2 amide bonds. The number of hydrogen-bond acceptors (Lipinski definition) is 3. The van der Waals surface area contributed by atoms with Crippen molar-refractivity contribution in [3.63, 3.8) is 0 Å². The number of halogens is 1. The molecular formula is C19H21FN2O3. The highest BCUT2D eigenvalue weighted by Gasteiger charge is 2.13. The molecule has 0 saturated carbocycles. The Labute approximate surface area is 146 Å². The normalized spacial score (nSPS) is 10.2. The van der Waals surface area contributed by atoms with Gasteiger partial charge in [-0.15, -0.1) is 0 Å². The number of nitrogens with zero attached hydrogens (tertiary/aromatic N) is 1. The Morgan fingerprint density at radius 2 is 1.72 bits per heavy atom. The first-order valence-corrected chi connectivity index (χ1v) is 7.90. The predicted octanol–water partition coefficient (Wildman–Crippen LogP) is 2.86. The Morgan fingerprint density at radius 1 is 1.08 bits per heavy atom. The third kappa shape index (κ3) is 5.91. The van der Waals surface area contributed by atoms with Crippen molar-refractivity contribution in [2.24, 2.45) is 0 Å². The van der Waals surface area contributed by atoms with Crippen molar-refractivity contribution < 1.29 is 18.7 Å². The van der Waals surface area contributed by atoms with Gasteiger partial charge in [0.25, 0.3) is 0 Å². The van der Waals surface area contributed by atoms with Gasteiger partial charge in [-0.2, -0.15) is 0 Å². The van der Waals surface area contributed by atoms with E-state index in [2.05, 4.69) is 5.32 Å². The molecule has 2 rings (SSSR count). The minimum absolute atomic E-state index is 0.0335. The van der Waals surface area contributed by atoms with Crippen LogP contribution in [0, 0.1) is 5.82 Å². The molecule has 0 saturated heterocycles. The van der Waals surface area contributed by atoms with Crippen LogP contribution in [0.25, 0.3) is 0 Å². The lowest BCUT2D eigenvalue weighted by Gasteiger charge is -2.17. The third-order valence-electron chi connectivity index (χ3n) is 3.72. The van der Waals surface area contributed by atoms with Crippen LogP contribution in [0.4, 0.5) is 10.1 Å². The highest BCUT2D eigenvalue weighted by molar-refractivity contribution is 5.94. The van der Waals surface area contributed by atoms with E-state index in [-0.39, 0.29) is 30.6 Å². The van der Waals surface area contributed by atoms with Gasteiger partial charge in [-0.1, -0.05) is 12.1 Å². The van der Waals surface area contributed by atoms with Gasteiger partial charge < -0.3 is 15.0 Å². The smallest absolute Gasteiger partial charge is 0.243 e. The average molecular weight is 344 g/mol. The third-order valence-corrected chi connectivity index (χ3v) is 3.72. The number of aryl methyl sites for hydroxylation is 1. The van der Waals surface area contributed by atoms with Crippen LogP contribution in [-0.2, 0) is 16.0 Å². The van der Waals surface area contributed by atoms with Crippen LogP contribution in [0.2, 0.25) is 0 Å². The Kier molecular flexibility index (Phi) is 6.51. The lowest BCUT2D eigenvalue weighted by atomic mass is 10.1. The maximum Gasteiger partial charge on any atom is 0.243 e. The molecule has 25 heavy (non-hydrogen) atoms. The van der Waals surface area contributed by atoms with Gasteiger partial charge in [0.1, 0.15) is 11.6 Å². The molecule has 0 unspecified atom stereocenters. The van der Waals surface area contributed by atoms with Gasteiger partial charge in [0.05, 0.1) is 13.7 Å². The summed E-state index contributed by atoms with van der Waals surface area (Å²) in [4.78, 5) is 25.5. The molecule has 0 spiro atoms. The highest BCUT2D eigenvalue weighted by Crippen LogP contribution is 2.15. The quantitative estimate of drug-likeness (QED) is 0.840. The molecule has 1 N–H and O–H groups in total. The second-order valence-electron chi connectivity index (χ2n) is 5.65. The van der Waals surface area contributed by atoms with Crippen molar-refractivity contribution in [2.45, 2.75) is 12.8 Å². The summed E-state index contributed by atoms with van der Waals surface area (Å²) in [6.07, 6.45) is 0.765. The Bertz CT molecular complexity index is 714. The predicted molar refractivity (Wildman–Crippen MR) is 94.0 cm³/mol. The molecule has 132 valence electrons. The number of anilines is 1. The minimum Gasteiger partial charge on any atom is -0.497 e. The Balaban J connectivity index is 1.78. The van der Waals surface area contributed by atoms with Crippen LogP contribution >= 0.6 is 0 Å². The lowest BCUT2D eigenvalue weighted by molar-refractivity contribution is -0.133. The summed E-state index contributed by atoms with van der Waals surface area (Å²) in [6, 6.07) is 13.0. The number of nitrogens with one attached hydrogen (secondary N) is 1. The maximum absolute atomic E-state index is 12.9. The van der Waals surface area contributed by atoms with Crippen LogP contribution in [-0.4, -0.2) is 37.4 Å². The molecule has 0 fully saturated rings. The van der Waals surface area contributed by atoms with E-state index in [1.165, 1.54) is 17.0 Å². The number of likely N-dealkylation sites (N-methyl/N-ethyl adjacent to an activating group) is 1. The molecule has 0 aliphatic heterocycles. The number of hydrogen-bond donors (Lipinski definition) is 1. The molecular weight excluding hydrogens is 323 g/mol. The van der Waals surface area contributed by atoms with Crippen molar-refractivity contribution in [1.82, 2.24) is 4.90 Å². The van der Waals surface area contributed by atoms with Crippen molar-refractivity contribution >= 4 is 17.5 Å². The average Bonchev–Trinajstić information content (AvgIpc) is 2.61. The van der Waals surface area contributed by atoms with E-state index in [1.54, 1.807) is 50.6 Å². The first-order valence-electron chi connectivity index (χ1n) is 7.90. The first-order chi connectivity index (χ1) is 12.0. The summed E-state index contributed by atoms with van der Waals surface area (Å²) >= 11 is 0. The summed E-state index contributed by atoms with van der Waals surface area (Å²) in [5.41, 5.74) is 1.52. The zero-order valence-corrected chi connectivity index (χ0v) is 14.3. The molecule has 0 aliphatic carbocycles. The molecule has 0 bridgehead atoms. The molecule has 0 heterocycles. The number of amides is 2. The Morgan fingerprint density at radius 3 is 2.32 bits per heavy atom. The fraction of sp³-hybridized carbons (Fsp3) is 0.263. The fourth-order valence-electron chi connectivity index (χ4n) is 2.27. The van der Waals surface area contributed by atoms with E-state index in [1.807, 2.05) is 0 Å². The van der Waals surface area contributed by atoms with Gasteiger partial charge in [0, 0.05) is 19.2 Å². The van der Waals surface area contributed by atoms with Crippen LogP contribution in [0.3, 0.4) is 0 Å². The topological polar surface area (TPSA) is 58.6 Å². The van der Waals surface area contributed by atoms with Crippen molar-refractivity contribution in [3.05, 3.63) is 59.9 Å². The summed E-state index contributed by atoms with van der Waals surface area (Å²) in [5.74, 6) is -0.0227. The molecule has 5 nitrogen and oxygen atoms in total. The molecule has 6 heteroatoms. The van der Waals surface area contributed by atoms with E-state index in [4.69, 9.17) is 4.74 Å². The monoisotopic (exact) mass is 344 g/mol. The minimum atomic E-state index is -0.303. The zero-order chi connectivity index (χ0) is 18.2. The highest BCUT2D eigenvalue weighted by atomic mass is 19.1. The van der Waals surface area contributed by atoms with Crippen molar-refractivity contribution in [2.75, 3.05) is 26.0 Å². The zero-order valence-electron chi connectivity index (χ0n) is 14.3. The standard InChI is InChI=1S/C19H21FN2O3/c1-22(19(24)12-5-14-3-6-15(20)7-4-14)13-18(23)21-16-8-10-17(25-2)11-9-16/h3-4,6-11H,5,12-13H2,1-2H3,(H,21,23). The molecule has 0 aromatic heterocycles. The van der Waals surface area contributed by atoms with E-state index >= 15 is 0 Å². The van der Waals surface area contributed by atoms with Crippen LogP contribution in [0.1, 0.15) is 12.0 Å². The number of carbonyl (C=O) groups is 2. The Hall–Kier alpha value is -2.89. The van der Waals surface area contributed by atoms with Gasteiger partial charge >= 0.3 is 0 Å². The fourth-order valence-corrected chi connectivity index (χ4v) is 2.27. The van der Waals surface area contributed by atoms with Crippen LogP contribution in [0.15, 0.2) is 48.5 Å². The van der Waals surface area contributed by atoms with Crippen LogP contribution < -0.4 is 10.1 Å². The largest absolute Gasteiger partial charge is 0.497 e. The van der Waals surface area contributed by atoms with Gasteiger partial charge in [-0.05, 0) is 48.4 Å². The van der Waals surface area contributed by atoms with Gasteiger partial charge in [0.15, 0.2) is 0 Å². The van der Waals surface area contributed by atoms with E-state index in [0.717, 1.165) is 5.56 Å². The molecule has 2 aromatic carbocycles. The van der Waals surface area contributed by atoms with Crippen molar-refractivity contribution in [1.29, 1.82) is 0 Å². The van der Waals surface area contributed by atoms with Crippen LogP contribution in [0.5, 0.6) is 5.75 Å². The number of rotatable bonds is 7.